The molecule has 0 saturated carbocycles. The van der Waals surface area contributed by atoms with Gasteiger partial charge in [-0.25, -0.2) is 14.4 Å². The quantitative estimate of drug-likeness (QED) is 0.756. The van der Waals surface area contributed by atoms with Gasteiger partial charge in [-0.2, -0.15) is 0 Å². The highest BCUT2D eigenvalue weighted by Gasteiger charge is 2.07. The van der Waals surface area contributed by atoms with Crippen molar-refractivity contribution in [2.75, 3.05) is 11.1 Å². The van der Waals surface area contributed by atoms with Crippen LogP contribution < -0.4 is 11.1 Å². The molecule has 0 atom stereocenters. The van der Waals surface area contributed by atoms with Crippen LogP contribution in [0, 0.1) is 5.82 Å². The number of hydrogen-bond acceptors (Lipinski definition) is 4. The van der Waals surface area contributed by atoms with E-state index in [9.17, 15) is 4.39 Å². The van der Waals surface area contributed by atoms with Crippen molar-refractivity contribution in [3.05, 3.63) is 47.6 Å². The molecule has 0 amide bonds. The second-order valence-corrected chi connectivity index (χ2v) is 4.39. The molecule has 0 unspecified atom stereocenters. The summed E-state index contributed by atoms with van der Waals surface area (Å²) in [5.74, 6) is 0.334. The fraction of sp³-hybridized carbons (Fsp3) is 0. The summed E-state index contributed by atoms with van der Waals surface area (Å²) in [5, 5.41) is 3.25. The summed E-state index contributed by atoms with van der Waals surface area (Å²) < 4.78 is 15.0. The van der Waals surface area contributed by atoms with Crippen LogP contribution in [0.2, 0.25) is 5.02 Å². The molecule has 0 spiro atoms. The Morgan fingerprint density at radius 1 is 1.32 bits per heavy atom. The molecule has 0 radical (unpaired) electrons. The van der Waals surface area contributed by atoms with Gasteiger partial charge in [-0.15, -0.1) is 0 Å². The maximum Gasteiger partial charge on any atom is 0.180 e. The number of nitrogens with two attached hydrogens (primary N) is 1. The summed E-state index contributed by atoms with van der Waals surface area (Å²) >= 11 is 5.80. The van der Waals surface area contributed by atoms with E-state index in [0.29, 0.717) is 28.0 Å². The second kappa shape index (κ2) is 4.40. The largest absolute Gasteiger partial charge is 0.382 e. The molecule has 0 fully saturated rings. The van der Waals surface area contributed by atoms with Gasteiger partial charge in [0.25, 0.3) is 0 Å². The third kappa shape index (κ3) is 2.30. The summed E-state index contributed by atoms with van der Waals surface area (Å²) in [6.45, 7) is 0. The third-order valence-corrected chi connectivity index (χ3v) is 2.74. The van der Waals surface area contributed by atoms with Crippen LogP contribution in [0.15, 0.2) is 36.8 Å². The lowest BCUT2D eigenvalue weighted by molar-refractivity contribution is 0.628. The number of imidazole rings is 1. The first-order valence-corrected chi connectivity index (χ1v) is 5.82. The number of halogens is 2. The van der Waals surface area contributed by atoms with E-state index in [0.717, 1.165) is 0 Å². The van der Waals surface area contributed by atoms with E-state index >= 15 is 0 Å². The number of rotatable bonds is 2. The van der Waals surface area contributed by atoms with Gasteiger partial charge in [0.05, 0.1) is 6.20 Å². The van der Waals surface area contributed by atoms with Crippen molar-refractivity contribution in [1.82, 2.24) is 14.4 Å². The summed E-state index contributed by atoms with van der Waals surface area (Å²) in [6, 6.07) is 4.13. The minimum atomic E-state index is -0.432. The van der Waals surface area contributed by atoms with E-state index in [1.807, 2.05) is 0 Å². The summed E-state index contributed by atoms with van der Waals surface area (Å²) in [6.07, 6.45) is 5.02. The molecule has 2 heterocycles. The second-order valence-electron chi connectivity index (χ2n) is 3.96. The zero-order valence-electron chi connectivity index (χ0n) is 9.64. The lowest BCUT2D eigenvalue weighted by atomic mass is 10.3. The van der Waals surface area contributed by atoms with Gasteiger partial charge in [-0.3, -0.25) is 0 Å². The molecule has 5 nitrogen and oxygen atoms in total. The zero-order chi connectivity index (χ0) is 13.4. The van der Waals surface area contributed by atoms with Crippen LogP contribution in [-0.4, -0.2) is 14.4 Å². The van der Waals surface area contributed by atoms with Crippen LogP contribution in [-0.2, 0) is 0 Å². The number of anilines is 3. The molecule has 19 heavy (non-hydrogen) atoms. The van der Waals surface area contributed by atoms with E-state index < -0.39 is 5.82 Å². The molecule has 0 aliphatic carbocycles. The first-order valence-electron chi connectivity index (χ1n) is 5.44. The van der Waals surface area contributed by atoms with Crippen LogP contribution in [0.25, 0.3) is 5.65 Å². The molecule has 2 aromatic heterocycles. The van der Waals surface area contributed by atoms with Crippen LogP contribution in [0.5, 0.6) is 0 Å². The number of hydrogen-bond donors (Lipinski definition) is 2. The van der Waals surface area contributed by atoms with Gasteiger partial charge in [0.2, 0.25) is 0 Å². The first kappa shape index (κ1) is 11.7. The molecule has 3 aromatic rings. The van der Waals surface area contributed by atoms with Crippen molar-refractivity contribution in [2.24, 2.45) is 0 Å². The molecule has 0 aliphatic heterocycles. The summed E-state index contributed by atoms with van der Waals surface area (Å²) in [4.78, 5) is 8.30. The molecule has 0 saturated heterocycles. The van der Waals surface area contributed by atoms with Crippen molar-refractivity contribution in [2.45, 2.75) is 0 Å². The lowest BCUT2D eigenvalue weighted by Gasteiger charge is -2.08. The normalized spacial score (nSPS) is 10.8. The Bertz CT molecular complexity index is 735. The van der Waals surface area contributed by atoms with Crippen molar-refractivity contribution in [3.63, 3.8) is 0 Å². The molecule has 96 valence electrons. The van der Waals surface area contributed by atoms with Crippen molar-refractivity contribution >= 4 is 34.6 Å². The number of nitrogens with one attached hydrogen (secondary N) is 1. The average molecular weight is 278 g/mol. The highest BCUT2D eigenvalue weighted by molar-refractivity contribution is 6.30. The average Bonchev–Trinajstić information content (AvgIpc) is 2.75. The van der Waals surface area contributed by atoms with Crippen molar-refractivity contribution in [3.8, 4) is 0 Å². The van der Waals surface area contributed by atoms with E-state index in [4.69, 9.17) is 17.3 Å². The van der Waals surface area contributed by atoms with Gasteiger partial charge in [0, 0.05) is 23.1 Å². The molecule has 0 aliphatic rings. The number of nitrogen functional groups attached to an aromatic ring is 1. The van der Waals surface area contributed by atoms with Crippen molar-refractivity contribution in [1.29, 1.82) is 0 Å². The summed E-state index contributed by atoms with van der Waals surface area (Å²) in [7, 11) is 0. The fourth-order valence-corrected chi connectivity index (χ4v) is 2.02. The molecule has 3 rings (SSSR count). The third-order valence-electron chi connectivity index (χ3n) is 2.52. The monoisotopic (exact) mass is 277 g/mol. The zero-order valence-corrected chi connectivity index (χ0v) is 10.4. The van der Waals surface area contributed by atoms with Gasteiger partial charge >= 0.3 is 0 Å². The molecular formula is C12H9ClFN5. The van der Waals surface area contributed by atoms with E-state index in [1.54, 1.807) is 29.1 Å². The minimum absolute atomic E-state index is 0.297. The van der Waals surface area contributed by atoms with Crippen LogP contribution >= 0.6 is 11.6 Å². The predicted octanol–water partition coefficient (Wildman–Crippen LogP) is 2.85. The van der Waals surface area contributed by atoms with Crippen LogP contribution in [0.1, 0.15) is 0 Å². The highest BCUT2D eigenvalue weighted by atomic mass is 35.5. The van der Waals surface area contributed by atoms with Crippen LogP contribution in [0.4, 0.5) is 21.7 Å². The van der Waals surface area contributed by atoms with E-state index in [2.05, 4.69) is 15.3 Å². The Balaban J connectivity index is 2.07. The highest BCUT2D eigenvalue weighted by Crippen LogP contribution is 2.23. The SMILES string of the molecule is Nc1cn2ccnc2c(Nc2cc(F)cc(Cl)c2)n1. The topological polar surface area (TPSA) is 68.2 Å². The number of nitrogens with zero attached hydrogens (tertiary/aromatic N) is 3. The Morgan fingerprint density at radius 3 is 2.95 bits per heavy atom. The Morgan fingerprint density at radius 2 is 2.16 bits per heavy atom. The molecule has 1 aromatic carbocycles. The smallest absolute Gasteiger partial charge is 0.180 e. The van der Waals surface area contributed by atoms with Gasteiger partial charge < -0.3 is 15.5 Å². The maximum absolute atomic E-state index is 13.3. The first-order chi connectivity index (χ1) is 9.11. The minimum Gasteiger partial charge on any atom is -0.382 e. The number of aromatic nitrogens is 3. The van der Waals surface area contributed by atoms with Gasteiger partial charge in [-0.1, -0.05) is 11.6 Å². The van der Waals surface area contributed by atoms with Crippen molar-refractivity contribution < 1.29 is 4.39 Å². The standard InChI is InChI=1S/C12H9ClFN5/c13-7-3-8(14)5-9(4-7)17-11-12-16-1-2-19(12)6-10(15)18-11/h1-6H,15H2,(H,17,18). The van der Waals surface area contributed by atoms with Crippen LogP contribution in [0.3, 0.4) is 0 Å². The van der Waals surface area contributed by atoms with Gasteiger partial charge in [0.1, 0.15) is 11.6 Å². The van der Waals surface area contributed by atoms with Gasteiger partial charge in [0.15, 0.2) is 11.5 Å². The number of fused-ring (bicyclic) bond motifs is 1. The summed E-state index contributed by atoms with van der Waals surface area (Å²) in [5.41, 5.74) is 6.77. The Kier molecular flexibility index (Phi) is 2.72. The molecular weight excluding hydrogens is 269 g/mol. The maximum atomic E-state index is 13.3. The van der Waals surface area contributed by atoms with E-state index in [-0.39, 0.29) is 0 Å². The molecule has 0 bridgehead atoms. The fourth-order valence-electron chi connectivity index (χ4n) is 1.80. The van der Waals surface area contributed by atoms with E-state index in [1.165, 1.54) is 12.1 Å². The molecule has 7 heteroatoms. The van der Waals surface area contributed by atoms with Gasteiger partial charge in [-0.05, 0) is 18.2 Å². The lowest BCUT2D eigenvalue weighted by Crippen LogP contribution is -2.02. The number of benzene rings is 1. The Labute approximate surface area is 112 Å². The molecule has 3 N–H and O–H groups in total. The predicted molar refractivity (Wildman–Crippen MR) is 72.1 cm³/mol. The Hall–Kier alpha value is -2.34.